The van der Waals surface area contributed by atoms with Gasteiger partial charge in [0.1, 0.15) is 5.54 Å². The molecule has 3 rings (SSSR count). The van der Waals surface area contributed by atoms with Gasteiger partial charge in [-0.3, -0.25) is 9.48 Å². The molecule has 1 aliphatic heterocycles. The quantitative estimate of drug-likeness (QED) is 0.763. The van der Waals surface area contributed by atoms with Gasteiger partial charge in [-0.05, 0) is 37.6 Å². The van der Waals surface area contributed by atoms with Crippen LogP contribution in [0, 0.1) is 0 Å². The maximum Gasteiger partial charge on any atom is 0.248 e. The average molecular weight is 314 g/mol. The molecule has 1 aromatic carbocycles. The van der Waals surface area contributed by atoms with E-state index < -0.39 is 11.6 Å². The largest absolute Gasteiger partial charge is 0.387 e. The second-order valence-electron chi connectivity index (χ2n) is 5.87. The van der Waals surface area contributed by atoms with Crippen molar-refractivity contribution in [3.05, 3.63) is 54.4 Å². The molecule has 1 fully saturated rings. The van der Waals surface area contributed by atoms with Crippen molar-refractivity contribution in [2.75, 3.05) is 19.6 Å². The van der Waals surface area contributed by atoms with E-state index in [0.717, 1.165) is 18.7 Å². The molecule has 1 saturated heterocycles. The number of piperidine rings is 1. The molecule has 1 aliphatic rings. The van der Waals surface area contributed by atoms with Crippen LogP contribution in [0.25, 0.3) is 0 Å². The van der Waals surface area contributed by atoms with Crippen LogP contribution in [0.4, 0.5) is 0 Å². The Kier molecular flexibility index (Phi) is 4.73. The fourth-order valence-electron chi connectivity index (χ4n) is 3.07. The molecule has 122 valence electrons. The van der Waals surface area contributed by atoms with E-state index >= 15 is 0 Å². The van der Waals surface area contributed by atoms with Crippen molar-refractivity contribution in [1.82, 2.24) is 20.4 Å². The molecule has 0 bridgehead atoms. The molecule has 1 unspecified atom stereocenters. The highest BCUT2D eigenvalue weighted by Gasteiger charge is 2.41. The van der Waals surface area contributed by atoms with Gasteiger partial charge in [-0.2, -0.15) is 5.10 Å². The summed E-state index contributed by atoms with van der Waals surface area (Å²) in [6, 6.07) is 11.2. The summed E-state index contributed by atoms with van der Waals surface area (Å²) in [5, 5.41) is 20.7. The normalized spacial score (nSPS) is 18.3. The van der Waals surface area contributed by atoms with Crippen molar-refractivity contribution in [1.29, 1.82) is 0 Å². The van der Waals surface area contributed by atoms with E-state index in [2.05, 4.69) is 15.7 Å². The van der Waals surface area contributed by atoms with Gasteiger partial charge < -0.3 is 15.7 Å². The number of aromatic nitrogens is 2. The number of hydrogen-bond acceptors (Lipinski definition) is 4. The molecule has 23 heavy (non-hydrogen) atoms. The Bertz CT molecular complexity index is 621. The number of amides is 1. The number of rotatable bonds is 5. The fourth-order valence-corrected chi connectivity index (χ4v) is 3.07. The van der Waals surface area contributed by atoms with Gasteiger partial charge in [0.15, 0.2) is 0 Å². The highest BCUT2D eigenvalue weighted by molar-refractivity contribution is 5.84. The summed E-state index contributed by atoms with van der Waals surface area (Å²) in [7, 11) is 0. The Morgan fingerprint density at radius 3 is 2.70 bits per heavy atom. The lowest BCUT2D eigenvalue weighted by Crippen LogP contribution is -2.55. The van der Waals surface area contributed by atoms with Crippen molar-refractivity contribution in [2.45, 2.75) is 24.5 Å². The zero-order valence-electron chi connectivity index (χ0n) is 13.0. The Morgan fingerprint density at radius 1 is 1.30 bits per heavy atom. The lowest BCUT2D eigenvalue weighted by Gasteiger charge is -2.36. The third-order valence-corrected chi connectivity index (χ3v) is 4.44. The van der Waals surface area contributed by atoms with Gasteiger partial charge in [0.2, 0.25) is 5.91 Å². The topological polar surface area (TPSA) is 79.2 Å². The maximum absolute atomic E-state index is 12.8. The number of aliphatic hydroxyl groups is 1. The van der Waals surface area contributed by atoms with Crippen LogP contribution in [0.3, 0.4) is 0 Å². The van der Waals surface area contributed by atoms with E-state index in [4.69, 9.17) is 0 Å². The van der Waals surface area contributed by atoms with Crippen molar-refractivity contribution in [2.24, 2.45) is 0 Å². The molecule has 1 amide bonds. The molecular formula is C17H22N4O2. The van der Waals surface area contributed by atoms with E-state index in [1.807, 2.05) is 42.6 Å². The highest BCUT2D eigenvalue weighted by Crippen LogP contribution is 2.27. The maximum atomic E-state index is 12.8. The van der Waals surface area contributed by atoms with Crippen LogP contribution in [0.5, 0.6) is 0 Å². The van der Waals surface area contributed by atoms with Gasteiger partial charge >= 0.3 is 0 Å². The minimum atomic E-state index is -0.712. The Morgan fingerprint density at radius 2 is 2.04 bits per heavy atom. The van der Waals surface area contributed by atoms with Gasteiger partial charge in [0.05, 0.1) is 6.10 Å². The van der Waals surface area contributed by atoms with E-state index in [-0.39, 0.29) is 12.5 Å². The van der Waals surface area contributed by atoms with Crippen molar-refractivity contribution in [3.63, 3.8) is 0 Å². The molecule has 6 heteroatoms. The van der Waals surface area contributed by atoms with Crippen molar-refractivity contribution >= 4 is 5.91 Å². The zero-order valence-corrected chi connectivity index (χ0v) is 13.0. The summed E-state index contributed by atoms with van der Waals surface area (Å²) in [6.07, 6.45) is 4.18. The third-order valence-electron chi connectivity index (χ3n) is 4.44. The van der Waals surface area contributed by atoms with Gasteiger partial charge in [-0.25, -0.2) is 0 Å². The molecule has 0 saturated carbocycles. The third kappa shape index (κ3) is 3.28. The first kappa shape index (κ1) is 15.7. The van der Waals surface area contributed by atoms with Gasteiger partial charge in [-0.15, -0.1) is 0 Å². The molecule has 3 N–H and O–H groups in total. The molecular weight excluding hydrogens is 292 g/mol. The number of nitrogens with one attached hydrogen (secondary N) is 2. The van der Waals surface area contributed by atoms with E-state index in [1.165, 1.54) is 0 Å². The average Bonchev–Trinajstić information content (AvgIpc) is 3.16. The number of hydrogen-bond donors (Lipinski definition) is 3. The van der Waals surface area contributed by atoms with E-state index in [9.17, 15) is 9.90 Å². The zero-order chi connectivity index (χ0) is 16.1. The minimum Gasteiger partial charge on any atom is -0.387 e. The first-order valence-electron chi connectivity index (χ1n) is 7.94. The second-order valence-corrected chi connectivity index (χ2v) is 5.87. The molecule has 1 aromatic heterocycles. The van der Waals surface area contributed by atoms with Crippen LogP contribution in [-0.2, 0) is 10.3 Å². The SMILES string of the molecule is O=C(NCC(O)c1ccccc1)C1(n2cccn2)CCNCC1. The van der Waals surface area contributed by atoms with Gasteiger partial charge in [0, 0.05) is 18.9 Å². The second kappa shape index (κ2) is 6.93. The molecule has 2 heterocycles. The summed E-state index contributed by atoms with van der Waals surface area (Å²) in [6.45, 7) is 1.74. The smallest absolute Gasteiger partial charge is 0.248 e. The lowest BCUT2D eigenvalue weighted by atomic mass is 9.87. The van der Waals surface area contributed by atoms with Crippen LogP contribution in [-0.4, -0.2) is 40.4 Å². The van der Waals surface area contributed by atoms with Gasteiger partial charge in [-0.1, -0.05) is 30.3 Å². The van der Waals surface area contributed by atoms with E-state index in [0.29, 0.717) is 12.8 Å². The lowest BCUT2D eigenvalue weighted by molar-refractivity contribution is -0.132. The monoisotopic (exact) mass is 314 g/mol. The Hall–Kier alpha value is -2.18. The number of benzene rings is 1. The van der Waals surface area contributed by atoms with Crippen LogP contribution < -0.4 is 10.6 Å². The summed E-state index contributed by atoms with van der Waals surface area (Å²) < 4.78 is 1.75. The predicted molar refractivity (Wildman–Crippen MR) is 86.7 cm³/mol. The molecule has 2 aromatic rings. The van der Waals surface area contributed by atoms with Crippen LogP contribution in [0.1, 0.15) is 24.5 Å². The fraction of sp³-hybridized carbons (Fsp3) is 0.412. The predicted octanol–water partition coefficient (Wildman–Crippen LogP) is 0.812. The standard InChI is InChI=1S/C17H22N4O2/c22-15(14-5-2-1-3-6-14)13-19-16(23)17(7-10-18-11-8-17)21-12-4-9-20-21/h1-6,9,12,15,18,22H,7-8,10-11,13H2,(H,19,23). The van der Waals surface area contributed by atoms with Crippen LogP contribution in [0.15, 0.2) is 48.8 Å². The first-order chi connectivity index (χ1) is 11.2. The molecule has 0 aliphatic carbocycles. The van der Waals surface area contributed by atoms with Crippen LogP contribution in [0.2, 0.25) is 0 Å². The van der Waals surface area contributed by atoms with Crippen LogP contribution >= 0.6 is 0 Å². The summed E-state index contributed by atoms with van der Waals surface area (Å²) in [5.41, 5.74) is 0.122. The summed E-state index contributed by atoms with van der Waals surface area (Å²) in [5.74, 6) is -0.0855. The van der Waals surface area contributed by atoms with Gasteiger partial charge in [0.25, 0.3) is 0 Å². The molecule has 0 radical (unpaired) electrons. The number of aliphatic hydroxyl groups excluding tert-OH is 1. The highest BCUT2D eigenvalue weighted by atomic mass is 16.3. The number of carbonyl (C=O) groups excluding carboxylic acids is 1. The van der Waals surface area contributed by atoms with Crippen molar-refractivity contribution in [3.8, 4) is 0 Å². The first-order valence-corrected chi connectivity index (χ1v) is 7.94. The van der Waals surface area contributed by atoms with E-state index in [1.54, 1.807) is 10.9 Å². The molecule has 0 spiro atoms. The molecule has 6 nitrogen and oxygen atoms in total. The Labute approximate surface area is 135 Å². The summed E-state index contributed by atoms with van der Waals surface area (Å²) in [4.78, 5) is 12.8. The minimum absolute atomic E-state index is 0.0855. The van der Waals surface area contributed by atoms with Crippen molar-refractivity contribution < 1.29 is 9.90 Å². The number of carbonyl (C=O) groups is 1. The summed E-state index contributed by atoms with van der Waals surface area (Å²) >= 11 is 0. The Balaban J connectivity index is 1.70. The molecule has 1 atom stereocenters. The number of nitrogens with zero attached hydrogens (tertiary/aromatic N) is 2.